The Hall–Kier alpha value is -2.57. The van der Waals surface area contributed by atoms with Gasteiger partial charge in [-0.05, 0) is 60.9 Å². The number of H-pyrrole nitrogens is 1. The summed E-state index contributed by atoms with van der Waals surface area (Å²) in [4.78, 5) is 3.37. The molecule has 0 atom stereocenters. The number of nitriles is 1. The van der Waals surface area contributed by atoms with Crippen LogP contribution in [0, 0.1) is 11.3 Å². The van der Waals surface area contributed by atoms with E-state index in [0.717, 1.165) is 17.6 Å². The van der Waals surface area contributed by atoms with Gasteiger partial charge in [0.25, 0.3) is 0 Å². The maximum atomic E-state index is 9.16. The van der Waals surface area contributed by atoms with Crippen molar-refractivity contribution < 1.29 is 0 Å². The zero-order valence-corrected chi connectivity index (χ0v) is 14.3. The van der Waals surface area contributed by atoms with Crippen molar-refractivity contribution in [2.45, 2.75) is 44.2 Å². The smallest absolute Gasteiger partial charge is 0.0991 e. The van der Waals surface area contributed by atoms with Gasteiger partial charge in [0.15, 0.2) is 0 Å². The lowest BCUT2D eigenvalue weighted by Gasteiger charge is -2.29. The summed E-state index contributed by atoms with van der Waals surface area (Å²) in [5, 5.41) is 14.1. The number of fused-ring (bicyclic) bond motifs is 1. The van der Waals surface area contributed by atoms with Crippen molar-refractivity contribution in [3.05, 3.63) is 71.4 Å². The number of aromatic nitrogens is 1. The van der Waals surface area contributed by atoms with Crippen molar-refractivity contribution in [2.75, 3.05) is 0 Å². The molecule has 0 unspecified atom stereocenters. The van der Waals surface area contributed by atoms with Crippen LogP contribution < -0.4 is 5.32 Å². The fraction of sp³-hybridized carbons (Fsp3) is 0.318. The molecule has 0 amide bonds. The molecular formula is C22H23N3. The van der Waals surface area contributed by atoms with E-state index in [0.29, 0.717) is 12.0 Å². The lowest BCUT2D eigenvalue weighted by Crippen LogP contribution is -2.32. The number of hydrogen-bond donors (Lipinski definition) is 2. The molecule has 0 radical (unpaired) electrons. The van der Waals surface area contributed by atoms with E-state index < -0.39 is 0 Å². The average molecular weight is 329 g/mol. The van der Waals surface area contributed by atoms with E-state index >= 15 is 0 Å². The number of aromatic amines is 1. The first-order chi connectivity index (χ1) is 12.3. The lowest BCUT2D eigenvalue weighted by atomic mass is 9.81. The van der Waals surface area contributed by atoms with Crippen molar-refractivity contribution >= 4 is 10.9 Å². The van der Waals surface area contributed by atoms with Crippen molar-refractivity contribution in [1.82, 2.24) is 10.3 Å². The highest BCUT2D eigenvalue weighted by Crippen LogP contribution is 2.36. The third-order valence-corrected chi connectivity index (χ3v) is 5.45. The van der Waals surface area contributed by atoms with E-state index in [1.807, 2.05) is 18.2 Å². The molecule has 0 bridgehead atoms. The molecule has 126 valence electrons. The largest absolute Gasteiger partial charge is 0.361 e. The first-order valence-electron chi connectivity index (χ1n) is 9.12. The second kappa shape index (κ2) is 7.13. The minimum Gasteiger partial charge on any atom is -0.361 e. The van der Waals surface area contributed by atoms with Gasteiger partial charge in [0.1, 0.15) is 0 Å². The van der Waals surface area contributed by atoms with Crippen molar-refractivity contribution in [3.8, 4) is 6.07 Å². The predicted molar refractivity (Wildman–Crippen MR) is 101 cm³/mol. The monoisotopic (exact) mass is 329 g/mol. The number of rotatable bonds is 4. The molecule has 3 nitrogen and oxygen atoms in total. The Kier molecular flexibility index (Phi) is 4.54. The van der Waals surface area contributed by atoms with E-state index in [4.69, 9.17) is 5.26 Å². The number of nitrogens with one attached hydrogen (secondary N) is 2. The Bertz CT molecular complexity index is 881. The van der Waals surface area contributed by atoms with E-state index in [1.54, 1.807) is 0 Å². The molecule has 1 aliphatic rings. The summed E-state index contributed by atoms with van der Waals surface area (Å²) in [6.45, 7) is 0.953. The quantitative estimate of drug-likeness (QED) is 0.718. The second-order valence-corrected chi connectivity index (χ2v) is 7.03. The van der Waals surface area contributed by atoms with Crippen LogP contribution in [0.4, 0.5) is 0 Å². The maximum Gasteiger partial charge on any atom is 0.0991 e. The molecule has 1 aliphatic carbocycles. The van der Waals surface area contributed by atoms with Gasteiger partial charge < -0.3 is 10.3 Å². The Labute approximate surface area is 148 Å². The van der Waals surface area contributed by atoms with Crippen LogP contribution in [0.25, 0.3) is 10.9 Å². The number of nitrogens with zero attached hydrogens (tertiary/aromatic N) is 1. The first kappa shape index (κ1) is 15.9. The summed E-state index contributed by atoms with van der Waals surface area (Å²) in [6.07, 6.45) is 6.98. The summed E-state index contributed by atoms with van der Waals surface area (Å²) >= 11 is 0. The summed E-state index contributed by atoms with van der Waals surface area (Å²) in [5.74, 6) is 0.595. The highest BCUT2D eigenvalue weighted by molar-refractivity contribution is 5.85. The Morgan fingerprint density at radius 3 is 2.60 bits per heavy atom. The molecule has 2 aromatic carbocycles. The normalized spacial score (nSPS) is 20.4. The molecule has 2 N–H and O–H groups in total. The van der Waals surface area contributed by atoms with Gasteiger partial charge in [0, 0.05) is 29.7 Å². The van der Waals surface area contributed by atoms with E-state index in [9.17, 15) is 0 Å². The SMILES string of the molecule is N#Cc1ccc2[nH]cc(C3CCC(NCc4ccccc4)CC3)c2c1. The molecule has 1 aromatic heterocycles. The molecule has 1 heterocycles. The van der Waals surface area contributed by atoms with E-state index in [1.165, 1.54) is 42.2 Å². The number of hydrogen-bond acceptors (Lipinski definition) is 2. The fourth-order valence-corrected chi connectivity index (χ4v) is 4.02. The van der Waals surface area contributed by atoms with Crippen LogP contribution in [-0.4, -0.2) is 11.0 Å². The summed E-state index contributed by atoms with van der Waals surface area (Å²) in [5.41, 5.74) is 4.61. The molecule has 1 fully saturated rings. The number of benzene rings is 2. The van der Waals surface area contributed by atoms with Gasteiger partial charge in [-0.25, -0.2) is 0 Å². The Morgan fingerprint density at radius 2 is 1.84 bits per heavy atom. The molecule has 3 heteroatoms. The molecule has 0 saturated heterocycles. The van der Waals surface area contributed by atoms with E-state index in [-0.39, 0.29) is 0 Å². The van der Waals surface area contributed by atoms with Crippen LogP contribution in [0.1, 0.15) is 48.3 Å². The maximum absolute atomic E-state index is 9.16. The topological polar surface area (TPSA) is 51.6 Å². The highest BCUT2D eigenvalue weighted by Gasteiger charge is 2.24. The summed E-state index contributed by atoms with van der Waals surface area (Å²) in [7, 11) is 0. The van der Waals surface area contributed by atoms with Crippen molar-refractivity contribution in [3.63, 3.8) is 0 Å². The summed E-state index contributed by atoms with van der Waals surface area (Å²) < 4.78 is 0. The third-order valence-electron chi connectivity index (χ3n) is 5.45. The van der Waals surface area contributed by atoms with Gasteiger partial charge in [-0.3, -0.25) is 0 Å². The third kappa shape index (κ3) is 3.45. The fourth-order valence-electron chi connectivity index (χ4n) is 4.02. The summed E-state index contributed by atoms with van der Waals surface area (Å²) in [6, 6.07) is 19.4. The van der Waals surface area contributed by atoms with E-state index in [2.05, 4.69) is 52.9 Å². The molecule has 1 saturated carbocycles. The van der Waals surface area contributed by atoms with Crippen LogP contribution in [-0.2, 0) is 6.54 Å². The van der Waals surface area contributed by atoms with Crippen LogP contribution in [0.5, 0.6) is 0 Å². The van der Waals surface area contributed by atoms with Gasteiger partial charge >= 0.3 is 0 Å². The minimum absolute atomic E-state index is 0.595. The predicted octanol–water partition coefficient (Wildman–Crippen LogP) is 4.86. The van der Waals surface area contributed by atoms with Gasteiger partial charge in [-0.15, -0.1) is 0 Å². The Morgan fingerprint density at radius 1 is 1.04 bits per heavy atom. The molecule has 3 aromatic rings. The van der Waals surface area contributed by atoms with Crippen LogP contribution >= 0.6 is 0 Å². The first-order valence-corrected chi connectivity index (χ1v) is 9.12. The van der Waals surface area contributed by atoms with Crippen LogP contribution in [0.3, 0.4) is 0 Å². The standard InChI is InChI=1S/C22H23N3/c23-13-17-6-11-22-20(12-17)21(15-25-22)18-7-9-19(10-8-18)24-14-16-4-2-1-3-5-16/h1-6,11-12,15,18-19,24-25H,7-10,14H2. The van der Waals surface area contributed by atoms with Gasteiger partial charge in [-0.2, -0.15) is 5.26 Å². The van der Waals surface area contributed by atoms with Crippen LogP contribution in [0.2, 0.25) is 0 Å². The molecule has 25 heavy (non-hydrogen) atoms. The zero-order valence-electron chi connectivity index (χ0n) is 14.3. The van der Waals surface area contributed by atoms with Crippen molar-refractivity contribution in [2.24, 2.45) is 0 Å². The van der Waals surface area contributed by atoms with Crippen LogP contribution in [0.15, 0.2) is 54.7 Å². The molecule has 0 aliphatic heterocycles. The van der Waals surface area contributed by atoms with Gasteiger partial charge in [0.2, 0.25) is 0 Å². The average Bonchev–Trinajstić information content (AvgIpc) is 3.10. The lowest BCUT2D eigenvalue weighted by molar-refractivity contribution is 0.342. The minimum atomic E-state index is 0.595. The molecule has 4 rings (SSSR count). The second-order valence-electron chi connectivity index (χ2n) is 7.03. The van der Waals surface area contributed by atoms with Gasteiger partial charge in [0.05, 0.1) is 11.6 Å². The Balaban J connectivity index is 1.39. The molecular weight excluding hydrogens is 306 g/mol. The zero-order chi connectivity index (χ0) is 17.1. The van der Waals surface area contributed by atoms with Crippen molar-refractivity contribution in [1.29, 1.82) is 5.26 Å². The highest BCUT2D eigenvalue weighted by atomic mass is 14.9. The van der Waals surface area contributed by atoms with Gasteiger partial charge in [-0.1, -0.05) is 30.3 Å². The molecule has 0 spiro atoms.